The van der Waals surface area contributed by atoms with Crippen LogP contribution in [0.2, 0.25) is 0 Å². The van der Waals surface area contributed by atoms with Gasteiger partial charge in [0.1, 0.15) is 19.0 Å². The monoisotopic (exact) mass is 184 g/mol. The number of phenols is 1. The molecule has 4 heteroatoms. The summed E-state index contributed by atoms with van der Waals surface area (Å²) in [6.07, 6.45) is 0. The van der Waals surface area contributed by atoms with Gasteiger partial charge in [0.2, 0.25) is 0 Å². The maximum absolute atomic E-state index is 11.6. The SMILES string of the molecule is O=C(OCCF)c1ccc(O)cc1. The van der Waals surface area contributed by atoms with E-state index in [0.29, 0.717) is 5.56 Å². The van der Waals surface area contributed by atoms with Crippen LogP contribution in [0.3, 0.4) is 0 Å². The van der Waals surface area contributed by atoms with Crippen molar-refractivity contribution in [2.24, 2.45) is 0 Å². The molecule has 13 heavy (non-hydrogen) atoms. The Hall–Kier alpha value is -1.58. The summed E-state index contributed by atoms with van der Waals surface area (Å²) in [5, 5.41) is 8.90. The Labute approximate surface area is 74.8 Å². The first-order chi connectivity index (χ1) is 6.24. The Morgan fingerprint density at radius 2 is 2.00 bits per heavy atom. The van der Waals surface area contributed by atoms with Crippen molar-refractivity contribution in [3.05, 3.63) is 29.8 Å². The molecule has 1 rings (SSSR count). The van der Waals surface area contributed by atoms with Gasteiger partial charge in [-0.2, -0.15) is 0 Å². The maximum Gasteiger partial charge on any atom is 0.338 e. The maximum atomic E-state index is 11.6. The highest BCUT2D eigenvalue weighted by Gasteiger charge is 2.05. The van der Waals surface area contributed by atoms with E-state index in [0.717, 1.165) is 0 Å². The van der Waals surface area contributed by atoms with Crippen molar-refractivity contribution in [1.29, 1.82) is 0 Å². The molecule has 0 radical (unpaired) electrons. The average Bonchev–Trinajstić information content (AvgIpc) is 2.15. The summed E-state index contributed by atoms with van der Waals surface area (Å²) in [5.74, 6) is -0.514. The number of hydrogen-bond acceptors (Lipinski definition) is 3. The Morgan fingerprint density at radius 1 is 1.38 bits per heavy atom. The fourth-order valence-electron chi connectivity index (χ4n) is 0.812. The standard InChI is InChI=1S/C9H9FO3/c10-5-6-13-9(12)7-1-3-8(11)4-2-7/h1-4,11H,5-6H2. The van der Waals surface area contributed by atoms with Crippen LogP contribution in [0.15, 0.2) is 24.3 Å². The minimum Gasteiger partial charge on any atom is -0.508 e. The van der Waals surface area contributed by atoms with Gasteiger partial charge < -0.3 is 9.84 Å². The van der Waals surface area contributed by atoms with E-state index >= 15 is 0 Å². The number of carbonyl (C=O) groups is 1. The number of halogens is 1. The van der Waals surface area contributed by atoms with E-state index in [2.05, 4.69) is 4.74 Å². The molecule has 0 heterocycles. The first kappa shape index (κ1) is 9.51. The van der Waals surface area contributed by atoms with Crippen LogP contribution in [0.1, 0.15) is 10.4 Å². The summed E-state index contributed by atoms with van der Waals surface area (Å²) in [7, 11) is 0. The number of aromatic hydroxyl groups is 1. The molecule has 0 aliphatic carbocycles. The molecular weight excluding hydrogens is 175 g/mol. The molecule has 0 bridgehead atoms. The van der Waals surface area contributed by atoms with E-state index in [9.17, 15) is 9.18 Å². The molecule has 3 nitrogen and oxygen atoms in total. The second-order valence-corrected chi connectivity index (χ2v) is 2.37. The molecule has 0 amide bonds. The topological polar surface area (TPSA) is 46.5 Å². The lowest BCUT2D eigenvalue weighted by Crippen LogP contribution is -2.06. The van der Waals surface area contributed by atoms with Crippen LogP contribution in [0.4, 0.5) is 4.39 Å². The molecule has 1 N–H and O–H groups in total. The second kappa shape index (κ2) is 4.45. The normalized spacial score (nSPS) is 9.62. The van der Waals surface area contributed by atoms with E-state index in [1.807, 2.05) is 0 Å². The fraction of sp³-hybridized carbons (Fsp3) is 0.222. The van der Waals surface area contributed by atoms with Crippen LogP contribution in [-0.2, 0) is 4.74 Å². The molecule has 0 atom stereocenters. The molecule has 0 fully saturated rings. The van der Waals surface area contributed by atoms with Gasteiger partial charge >= 0.3 is 5.97 Å². The molecule has 0 unspecified atom stereocenters. The summed E-state index contributed by atoms with van der Waals surface area (Å²) in [4.78, 5) is 11.0. The molecule has 0 saturated carbocycles. The minimum atomic E-state index is -0.691. The Morgan fingerprint density at radius 3 is 2.54 bits per heavy atom. The lowest BCUT2D eigenvalue weighted by molar-refractivity contribution is 0.0481. The Bertz CT molecular complexity index is 281. The van der Waals surface area contributed by atoms with Gasteiger partial charge in [-0.1, -0.05) is 0 Å². The number of carbonyl (C=O) groups excluding carboxylic acids is 1. The van der Waals surface area contributed by atoms with Crippen LogP contribution in [-0.4, -0.2) is 24.4 Å². The zero-order chi connectivity index (χ0) is 9.68. The molecule has 70 valence electrons. The van der Waals surface area contributed by atoms with Crippen molar-refractivity contribution in [2.45, 2.75) is 0 Å². The third-order valence-corrected chi connectivity index (χ3v) is 1.41. The largest absolute Gasteiger partial charge is 0.508 e. The number of alkyl halides is 1. The summed E-state index contributed by atoms with van der Waals surface area (Å²) < 4.78 is 16.1. The molecule has 1 aromatic carbocycles. The minimum absolute atomic E-state index is 0.0713. The number of ether oxygens (including phenoxy) is 1. The van der Waals surface area contributed by atoms with E-state index in [1.165, 1.54) is 24.3 Å². The zero-order valence-corrected chi connectivity index (χ0v) is 6.87. The molecule has 0 spiro atoms. The van der Waals surface area contributed by atoms with E-state index in [1.54, 1.807) is 0 Å². The van der Waals surface area contributed by atoms with Gasteiger partial charge in [0.15, 0.2) is 0 Å². The van der Waals surface area contributed by atoms with Gasteiger partial charge in [-0.15, -0.1) is 0 Å². The number of esters is 1. The molecule has 0 aromatic heterocycles. The van der Waals surface area contributed by atoms with E-state index < -0.39 is 12.6 Å². The van der Waals surface area contributed by atoms with Gasteiger partial charge in [-0.25, -0.2) is 9.18 Å². The van der Waals surface area contributed by atoms with Crippen LogP contribution in [0.5, 0.6) is 5.75 Å². The lowest BCUT2D eigenvalue weighted by Gasteiger charge is -2.01. The van der Waals surface area contributed by atoms with Crippen molar-refractivity contribution in [3.8, 4) is 5.75 Å². The van der Waals surface area contributed by atoms with Gasteiger partial charge in [0.25, 0.3) is 0 Å². The predicted octanol–water partition coefficient (Wildman–Crippen LogP) is 1.52. The van der Waals surface area contributed by atoms with Gasteiger partial charge in [-0.3, -0.25) is 0 Å². The highest BCUT2D eigenvalue weighted by Crippen LogP contribution is 2.10. The first-order valence-electron chi connectivity index (χ1n) is 3.76. The summed E-state index contributed by atoms with van der Waals surface area (Å²) in [6.45, 7) is -0.927. The van der Waals surface area contributed by atoms with Crippen LogP contribution >= 0.6 is 0 Å². The van der Waals surface area contributed by atoms with E-state index in [4.69, 9.17) is 5.11 Å². The van der Waals surface area contributed by atoms with Crippen molar-refractivity contribution in [2.75, 3.05) is 13.3 Å². The fourth-order valence-corrected chi connectivity index (χ4v) is 0.812. The summed E-state index contributed by atoms with van der Waals surface area (Å²) in [5.41, 5.74) is 0.297. The Balaban J connectivity index is 2.61. The highest BCUT2D eigenvalue weighted by molar-refractivity contribution is 5.89. The summed E-state index contributed by atoms with van der Waals surface area (Å²) in [6, 6.07) is 5.56. The van der Waals surface area contributed by atoms with Crippen molar-refractivity contribution in [3.63, 3.8) is 0 Å². The van der Waals surface area contributed by atoms with E-state index in [-0.39, 0.29) is 12.4 Å². The van der Waals surface area contributed by atoms with Crippen LogP contribution in [0.25, 0.3) is 0 Å². The van der Waals surface area contributed by atoms with Gasteiger partial charge in [0, 0.05) is 0 Å². The zero-order valence-electron chi connectivity index (χ0n) is 6.87. The summed E-state index contributed by atoms with van der Waals surface area (Å²) >= 11 is 0. The molecule has 0 aliphatic rings. The van der Waals surface area contributed by atoms with Gasteiger partial charge in [0.05, 0.1) is 5.56 Å². The average molecular weight is 184 g/mol. The molecule has 1 aromatic rings. The third kappa shape index (κ3) is 2.74. The second-order valence-electron chi connectivity index (χ2n) is 2.37. The number of rotatable bonds is 3. The van der Waals surface area contributed by atoms with Crippen molar-refractivity contribution in [1.82, 2.24) is 0 Å². The molecular formula is C9H9FO3. The lowest BCUT2D eigenvalue weighted by atomic mass is 10.2. The van der Waals surface area contributed by atoms with Gasteiger partial charge in [-0.05, 0) is 24.3 Å². The number of phenolic OH excluding ortho intramolecular Hbond substituents is 1. The third-order valence-electron chi connectivity index (χ3n) is 1.41. The van der Waals surface area contributed by atoms with Crippen LogP contribution < -0.4 is 0 Å². The Kier molecular flexibility index (Phi) is 3.25. The molecule has 0 saturated heterocycles. The first-order valence-corrected chi connectivity index (χ1v) is 3.76. The smallest absolute Gasteiger partial charge is 0.338 e. The number of benzene rings is 1. The number of hydrogen-bond donors (Lipinski definition) is 1. The highest BCUT2D eigenvalue weighted by atomic mass is 19.1. The molecule has 0 aliphatic heterocycles. The van der Waals surface area contributed by atoms with Crippen LogP contribution in [0, 0.1) is 0 Å². The predicted molar refractivity (Wildman–Crippen MR) is 44.4 cm³/mol. The quantitative estimate of drug-likeness (QED) is 0.724. The van der Waals surface area contributed by atoms with Crippen molar-refractivity contribution >= 4 is 5.97 Å². The van der Waals surface area contributed by atoms with Crippen molar-refractivity contribution < 1.29 is 19.0 Å².